The second-order valence-electron chi connectivity index (χ2n) is 3.10. The minimum atomic E-state index is -3.68. The largest absolute Gasteiger partial charge is 0.364 e. The molecule has 0 aromatic heterocycles. The Bertz CT molecular complexity index is 188. The Morgan fingerprint density at radius 2 is 1.42 bits per heavy atom. The van der Waals surface area contributed by atoms with E-state index in [4.69, 9.17) is 0 Å². The molecule has 12 heavy (non-hydrogen) atoms. The van der Waals surface area contributed by atoms with Crippen LogP contribution in [0.4, 0.5) is 17.6 Å². The summed E-state index contributed by atoms with van der Waals surface area (Å²) in [5.41, 5.74) is 0. The van der Waals surface area contributed by atoms with Crippen LogP contribution in [0, 0.1) is 11.8 Å². The molecule has 0 amide bonds. The van der Waals surface area contributed by atoms with E-state index in [1.807, 2.05) is 0 Å². The molecular weight excluding hydrogens is 178 g/mol. The quantitative estimate of drug-likeness (QED) is 0.569. The third-order valence-electron chi connectivity index (χ3n) is 2.35. The van der Waals surface area contributed by atoms with Crippen LogP contribution in [0.3, 0.4) is 0 Å². The van der Waals surface area contributed by atoms with Crippen molar-refractivity contribution >= 4 is 0 Å². The second-order valence-corrected chi connectivity index (χ2v) is 3.10. The molecule has 2 aliphatic rings. The normalized spacial score (nSPS) is 43.0. The van der Waals surface area contributed by atoms with Crippen LogP contribution in [0.15, 0.2) is 0 Å². The average Bonchev–Trinajstić information content (AvgIpc) is 2.34. The van der Waals surface area contributed by atoms with Gasteiger partial charge >= 0.3 is 12.2 Å². The summed E-state index contributed by atoms with van der Waals surface area (Å²) in [5, 5.41) is 2.50. The van der Waals surface area contributed by atoms with Gasteiger partial charge in [-0.15, -0.1) is 0 Å². The first-order valence-corrected chi connectivity index (χ1v) is 3.60. The molecule has 2 rings (SSSR count). The highest BCUT2D eigenvalue weighted by molar-refractivity contribution is 4.96. The summed E-state index contributed by atoms with van der Waals surface area (Å²) in [7, 11) is 0. The molecule has 2 fully saturated rings. The lowest BCUT2D eigenvalue weighted by atomic mass is 9.97. The van der Waals surface area contributed by atoms with E-state index in [0.29, 0.717) is 0 Å². The third kappa shape index (κ3) is 0.942. The Morgan fingerprint density at radius 1 is 1.00 bits per heavy atom. The van der Waals surface area contributed by atoms with Crippen molar-refractivity contribution in [2.75, 3.05) is 13.1 Å². The van der Waals surface area contributed by atoms with Crippen molar-refractivity contribution in [1.82, 2.24) is 5.32 Å². The number of rotatable bonds is 0. The van der Waals surface area contributed by atoms with Gasteiger partial charge in [0.2, 0.25) is 0 Å². The van der Waals surface area contributed by atoms with E-state index < -0.39 is 24.1 Å². The minimum Gasteiger partial charge on any atom is -0.315 e. The highest BCUT2D eigenvalue weighted by Crippen LogP contribution is 2.51. The fourth-order valence-electron chi connectivity index (χ4n) is 1.72. The van der Waals surface area contributed by atoms with E-state index in [-0.39, 0.29) is 13.1 Å². The van der Waals surface area contributed by atoms with Crippen molar-refractivity contribution in [3.05, 3.63) is 0 Å². The summed E-state index contributed by atoms with van der Waals surface area (Å²) >= 11 is 0. The van der Waals surface area contributed by atoms with E-state index in [0.717, 1.165) is 0 Å². The topological polar surface area (TPSA) is 21.3 Å². The van der Waals surface area contributed by atoms with Crippen LogP contribution < -0.4 is 5.32 Å². The van der Waals surface area contributed by atoms with Crippen LogP contribution in [0.25, 0.3) is 0 Å². The van der Waals surface area contributed by atoms with Gasteiger partial charge in [-0.05, 0) is 0 Å². The summed E-state index contributed by atoms with van der Waals surface area (Å²) in [5.74, 6) is -2.76. The zero-order valence-electron chi connectivity index (χ0n) is 5.99. The molecule has 0 saturated carbocycles. The fourth-order valence-corrected chi connectivity index (χ4v) is 1.72. The number of nitrogens with one attached hydrogen (secondary N) is 1. The van der Waals surface area contributed by atoms with Gasteiger partial charge in [-0.2, -0.15) is 17.6 Å². The van der Waals surface area contributed by atoms with Gasteiger partial charge in [0.25, 0.3) is 0 Å². The van der Waals surface area contributed by atoms with E-state index in [9.17, 15) is 17.6 Å². The Balaban J connectivity index is 2.29. The molecule has 2 heterocycles. The lowest BCUT2D eigenvalue weighted by molar-refractivity contribution is -0.342. The summed E-state index contributed by atoms with van der Waals surface area (Å²) in [6.07, 6.45) is -7.37. The molecule has 2 aliphatic heterocycles. The highest BCUT2D eigenvalue weighted by atomic mass is 19.3. The van der Waals surface area contributed by atoms with E-state index in [2.05, 4.69) is 10.1 Å². The maximum atomic E-state index is 12.7. The Morgan fingerprint density at radius 3 is 1.83 bits per heavy atom. The van der Waals surface area contributed by atoms with Crippen LogP contribution in [-0.2, 0) is 4.74 Å². The number of hydrogen-bond donors (Lipinski definition) is 1. The SMILES string of the molecule is FC1(F)OC(F)(F)[C@H]2CNC[C@H]21. The number of ether oxygens (including phenoxy) is 1. The second kappa shape index (κ2) is 2.11. The predicted molar refractivity (Wildman–Crippen MR) is 30.8 cm³/mol. The molecule has 0 aliphatic carbocycles. The minimum absolute atomic E-state index is 0.104. The van der Waals surface area contributed by atoms with Gasteiger partial charge in [0.1, 0.15) is 0 Å². The smallest absolute Gasteiger partial charge is 0.315 e. The molecule has 0 radical (unpaired) electrons. The first-order chi connectivity index (χ1) is 5.43. The standard InChI is InChI=1S/C6H7F4NO/c7-5(8)3-1-11-2-4(3)6(9,10)12-5/h3-4,11H,1-2H2/t3-,4+. The highest BCUT2D eigenvalue weighted by Gasteiger charge is 2.67. The van der Waals surface area contributed by atoms with Crippen LogP contribution in [0.5, 0.6) is 0 Å². The van der Waals surface area contributed by atoms with Gasteiger partial charge in [-0.1, -0.05) is 0 Å². The van der Waals surface area contributed by atoms with E-state index in [1.54, 1.807) is 0 Å². The van der Waals surface area contributed by atoms with Crippen molar-refractivity contribution in [3.8, 4) is 0 Å². The molecule has 0 aromatic carbocycles. The monoisotopic (exact) mass is 185 g/mol. The van der Waals surface area contributed by atoms with E-state index >= 15 is 0 Å². The number of halogens is 4. The summed E-state index contributed by atoms with van der Waals surface area (Å²) in [4.78, 5) is 0. The van der Waals surface area contributed by atoms with Crippen molar-refractivity contribution in [3.63, 3.8) is 0 Å². The fraction of sp³-hybridized carbons (Fsp3) is 1.00. The van der Waals surface area contributed by atoms with Gasteiger partial charge in [-0.3, -0.25) is 4.74 Å². The number of hydrogen-bond acceptors (Lipinski definition) is 2. The molecule has 0 spiro atoms. The molecule has 70 valence electrons. The lowest BCUT2D eigenvalue weighted by Crippen LogP contribution is -2.30. The zero-order valence-corrected chi connectivity index (χ0v) is 5.99. The first kappa shape index (κ1) is 8.25. The summed E-state index contributed by atoms with van der Waals surface area (Å²) < 4.78 is 54.0. The lowest BCUT2D eigenvalue weighted by Gasteiger charge is -2.14. The van der Waals surface area contributed by atoms with Gasteiger partial charge in [0.05, 0.1) is 11.8 Å². The number of fused-ring (bicyclic) bond motifs is 1. The molecule has 6 heteroatoms. The van der Waals surface area contributed by atoms with E-state index in [1.165, 1.54) is 0 Å². The van der Waals surface area contributed by atoms with Crippen molar-refractivity contribution < 1.29 is 22.3 Å². The van der Waals surface area contributed by atoms with Crippen LogP contribution in [-0.4, -0.2) is 25.3 Å². The molecule has 0 bridgehead atoms. The van der Waals surface area contributed by atoms with Gasteiger partial charge in [0.15, 0.2) is 0 Å². The van der Waals surface area contributed by atoms with Crippen LogP contribution >= 0.6 is 0 Å². The number of alkyl halides is 4. The van der Waals surface area contributed by atoms with Crippen molar-refractivity contribution in [2.24, 2.45) is 11.8 Å². The maximum absolute atomic E-state index is 12.7. The van der Waals surface area contributed by atoms with Crippen LogP contribution in [0.1, 0.15) is 0 Å². The third-order valence-corrected chi connectivity index (χ3v) is 2.35. The van der Waals surface area contributed by atoms with Gasteiger partial charge in [-0.25, -0.2) is 0 Å². The molecule has 0 unspecified atom stereocenters. The maximum Gasteiger partial charge on any atom is 0.364 e. The van der Waals surface area contributed by atoms with Crippen LogP contribution in [0.2, 0.25) is 0 Å². The zero-order chi connectivity index (χ0) is 8.98. The Kier molecular flexibility index (Phi) is 1.45. The van der Waals surface area contributed by atoms with Gasteiger partial charge in [0, 0.05) is 13.1 Å². The average molecular weight is 185 g/mol. The summed E-state index contributed by atoms with van der Waals surface area (Å²) in [6, 6.07) is 0. The Hall–Kier alpha value is -0.360. The van der Waals surface area contributed by atoms with Crippen molar-refractivity contribution in [2.45, 2.75) is 12.2 Å². The Labute approximate surface area is 65.9 Å². The van der Waals surface area contributed by atoms with Gasteiger partial charge < -0.3 is 5.32 Å². The molecule has 2 atom stereocenters. The molecular formula is C6H7F4NO. The molecule has 0 aromatic rings. The molecule has 2 saturated heterocycles. The summed E-state index contributed by atoms with van der Waals surface area (Å²) in [6.45, 7) is -0.208. The molecule has 2 nitrogen and oxygen atoms in total. The first-order valence-electron chi connectivity index (χ1n) is 3.60. The predicted octanol–water partition coefficient (Wildman–Crippen LogP) is 1.04. The van der Waals surface area contributed by atoms with Crippen molar-refractivity contribution in [1.29, 1.82) is 0 Å². The molecule has 1 N–H and O–H groups in total.